The molecule has 0 aliphatic heterocycles. The maximum atomic E-state index is 12.8. The van der Waals surface area contributed by atoms with Crippen LogP contribution in [0, 0.1) is 5.82 Å². The van der Waals surface area contributed by atoms with E-state index >= 15 is 0 Å². The first-order valence-electron chi connectivity index (χ1n) is 7.68. The Hall–Kier alpha value is -2.60. The predicted octanol–water partition coefficient (Wildman–Crippen LogP) is 2.64. The summed E-state index contributed by atoms with van der Waals surface area (Å²) >= 11 is 0. The third-order valence-electron chi connectivity index (χ3n) is 3.44. The molecular weight excluding hydrogens is 311 g/mol. The number of primary amides is 1. The molecule has 0 radical (unpaired) electrons. The lowest BCUT2D eigenvalue weighted by Gasteiger charge is -2.15. The van der Waals surface area contributed by atoms with Crippen molar-refractivity contribution in [2.24, 2.45) is 5.73 Å². The van der Waals surface area contributed by atoms with E-state index in [0.29, 0.717) is 30.9 Å². The van der Waals surface area contributed by atoms with Crippen LogP contribution in [0.5, 0.6) is 5.75 Å². The fourth-order valence-electron chi connectivity index (χ4n) is 2.11. The summed E-state index contributed by atoms with van der Waals surface area (Å²) in [4.78, 5) is 11.5. The van der Waals surface area contributed by atoms with Crippen LogP contribution in [0.4, 0.5) is 10.1 Å². The first-order valence-corrected chi connectivity index (χ1v) is 7.68. The van der Waals surface area contributed by atoms with Gasteiger partial charge in [0, 0.05) is 5.69 Å². The molecule has 2 aromatic carbocycles. The van der Waals surface area contributed by atoms with Gasteiger partial charge in [0.25, 0.3) is 0 Å². The molecule has 2 aromatic rings. The average molecular weight is 332 g/mol. The van der Waals surface area contributed by atoms with Crippen molar-refractivity contribution in [2.45, 2.75) is 25.6 Å². The van der Waals surface area contributed by atoms with E-state index in [1.807, 2.05) is 0 Å². The molecular formula is C18H21FN2O3. The summed E-state index contributed by atoms with van der Waals surface area (Å²) < 4.78 is 23.9. The minimum Gasteiger partial charge on any atom is -0.494 e. The number of carbonyl (C=O) groups is 1. The van der Waals surface area contributed by atoms with Crippen LogP contribution in [0.25, 0.3) is 0 Å². The van der Waals surface area contributed by atoms with Crippen molar-refractivity contribution in [1.82, 2.24) is 0 Å². The summed E-state index contributed by atoms with van der Waals surface area (Å²) in [7, 11) is 0. The summed E-state index contributed by atoms with van der Waals surface area (Å²) in [5.41, 5.74) is 12.4. The molecule has 2 rings (SSSR count). The van der Waals surface area contributed by atoms with Crippen molar-refractivity contribution in [3.05, 3.63) is 59.9 Å². The van der Waals surface area contributed by atoms with Crippen molar-refractivity contribution in [3.8, 4) is 5.75 Å². The van der Waals surface area contributed by atoms with E-state index in [0.717, 1.165) is 5.56 Å². The highest BCUT2D eigenvalue weighted by Crippen LogP contribution is 2.14. The monoisotopic (exact) mass is 332 g/mol. The van der Waals surface area contributed by atoms with Crippen LogP contribution in [0.15, 0.2) is 48.5 Å². The third-order valence-corrected chi connectivity index (χ3v) is 3.44. The minimum atomic E-state index is -0.704. The maximum Gasteiger partial charge on any atom is 0.246 e. The van der Waals surface area contributed by atoms with E-state index in [1.165, 1.54) is 12.1 Å². The van der Waals surface area contributed by atoms with Crippen molar-refractivity contribution in [3.63, 3.8) is 0 Å². The maximum absolute atomic E-state index is 12.8. The van der Waals surface area contributed by atoms with Gasteiger partial charge in [-0.05, 0) is 54.8 Å². The van der Waals surface area contributed by atoms with Gasteiger partial charge in [0.1, 0.15) is 17.7 Å². The lowest BCUT2D eigenvalue weighted by molar-refractivity contribution is -0.130. The number of nitrogens with two attached hydrogens (primary N) is 2. The summed E-state index contributed by atoms with van der Waals surface area (Å²) in [6.45, 7) is 0.639. The predicted molar refractivity (Wildman–Crippen MR) is 89.8 cm³/mol. The minimum absolute atomic E-state index is 0.201. The van der Waals surface area contributed by atoms with Gasteiger partial charge in [0.15, 0.2) is 0 Å². The zero-order valence-corrected chi connectivity index (χ0v) is 13.3. The molecule has 1 unspecified atom stereocenters. The molecule has 0 aliphatic carbocycles. The lowest BCUT2D eigenvalue weighted by atomic mass is 10.2. The number of carbonyl (C=O) groups excluding carboxylic acids is 1. The molecule has 0 aliphatic rings. The number of benzene rings is 2. The summed E-state index contributed by atoms with van der Waals surface area (Å²) in [6.07, 6.45) is 0.359. The normalized spacial score (nSPS) is 11.9. The van der Waals surface area contributed by atoms with E-state index in [-0.39, 0.29) is 12.4 Å². The number of nitrogen functional groups attached to an aromatic ring is 1. The fourth-order valence-corrected chi connectivity index (χ4v) is 2.11. The van der Waals surface area contributed by atoms with Crippen LogP contribution < -0.4 is 16.2 Å². The molecule has 5 nitrogen and oxygen atoms in total. The number of rotatable bonds is 9. The Morgan fingerprint density at radius 3 is 2.38 bits per heavy atom. The highest BCUT2D eigenvalue weighted by Gasteiger charge is 2.15. The second-order valence-corrected chi connectivity index (χ2v) is 5.39. The van der Waals surface area contributed by atoms with Crippen molar-refractivity contribution >= 4 is 11.6 Å². The highest BCUT2D eigenvalue weighted by atomic mass is 19.1. The summed E-state index contributed by atoms with van der Waals surface area (Å²) in [5, 5.41) is 0. The van der Waals surface area contributed by atoms with Gasteiger partial charge in [-0.2, -0.15) is 0 Å². The van der Waals surface area contributed by atoms with E-state index in [2.05, 4.69) is 0 Å². The molecule has 6 heteroatoms. The summed E-state index contributed by atoms with van der Waals surface area (Å²) in [6, 6.07) is 13.0. The smallest absolute Gasteiger partial charge is 0.246 e. The first-order chi connectivity index (χ1) is 11.5. The lowest BCUT2D eigenvalue weighted by Crippen LogP contribution is -2.31. The van der Waals surface area contributed by atoms with E-state index in [4.69, 9.17) is 20.9 Å². The SMILES string of the molecule is NC(=O)C(CCCOc1ccc(N)cc1)OCc1ccc(F)cc1. The number of hydrogen-bond acceptors (Lipinski definition) is 4. The molecule has 0 aromatic heterocycles. The summed E-state index contributed by atoms with van der Waals surface area (Å²) in [5.74, 6) is -0.123. The molecule has 1 atom stereocenters. The van der Waals surface area contributed by atoms with Crippen LogP contribution in [-0.4, -0.2) is 18.6 Å². The van der Waals surface area contributed by atoms with Crippen molar-refractivity contribution in [1.29, 1.82) is 0 Å². The van der Waals surface area contributed by atoms with Gasteiger partial charge < -0.3 is 20.9 Å². The van der Waals surface area contributed by atoms with Crippen molar-refractivity contribution < 1.29 is 18.7 Å². The van der Waals surface area contributed by atoms with E-state index in [9.17, 15) is 9.18 Å². The number of hydrogen-bond donors (Lipinski definition) is 2. The molecule has 0 bridgehead atoms. The standard InChI is InChI=1S/C18H21FN2O3/c19-14-5-3-13(4-6-14)12-24-17(18(21)22)2-1-11-23-16-9-7-15(20)8-10-16/h3-10,17H,1-2,11-12,20H2,(H2,21,22). The van der Waals surface area contributed by atoms with E-state index < -0.39 is 12.0 Å². The van der Waals surface area contributed by atoms with Crippen LogP contribution in [-0.2, 0) is 16.1 Å². The van der Waals surface area contributed by atoms with Gasteiger partial charge in [-0.25, -0.2) is 4.39 Å². The number of halogens is 1. The van der Waals surface area contributed by atoms with Crippen LogP contribution >= 0.6 is 0 Å². The topological polar surface area (TPSA) is 87.6 Å². The quantitative estimate of drug-likeness (QED) is 0.546. The Morgan fingerprint density at radius 1 is 1.08 bits per heavy atom. The van der Waals surface area contributed by atoms with Crippen LogP contribution in [0.2, 0.25) is 0 Å². The van der Waals surface area contributed by atoms with Gasteiger partial charge in [-0.1, -0.05) is 12.1 Å². The Bertz CT molecular complexity index is 644. The molecule has 1 amide bonds. The molecule has 0 saturated heterocycles. The molecule has 0 heterocycles. The fraction of sp³-hybridized carbons (Fsp3) is 0.278. The zero-order chi connectivity index (χ0) is 17.4. The molecule has 24 heavy (non-hydrogen) atoms. The van der Waals surface area contributed by atoms with Crippen LogP contribution in [0.3, 0.4) is 0 Å². The second-order valence-electron chi connectivity index (χ2n) is 5.39. The van der Waals surface area contributed by atoms with Crippen LogP contribution in [0.1, 0.15) is 18.4 Å². The highest BCUT2D eigenvalue weighted by molar-refractivity contribution is 5.78. The Labute approximate surface area is 140 Å². The first kappa shape index (κ1) is 17.7. The zero-order valence-electron chi connectivity index (χ0n) is 13.3. The Kier molecular flexibility index (Phi) is 6.57. The molecule has 4 N–H and O–H groups in total. The van der Waals surface area contributed by atoms with Gasteiger partial charge in [0.05, 0.1) is 13.2 Å². The molecule has 0 spiro atoms. The number of amides is 1. The largest absolute Gasteiger partial charge is 0.494 e. The Morgan fingerprint density at radius 2 is 1.75 bits per heavy atom. The average Bonchev–Trinajstić information content (AvgIpc) is 2.57. The van der Waals surface area contributed by atoms with Crippen molar-refractivity contribution in [2.75, 3.05) is 12.3 Å². The number of anilines is 1. The number of ether oxygens (including phenoxy) is 2. The molecule has 0 fully saturated rings. The van der Waals surface area contributed by atoms with Gasteiger partial charge in [-0.15, -0.1) is 0 Å². The second kappa shape index (κ2) is 8.88. The Balaban J connectivity index is 1.73. The third kappa shape index (κ3) is 5.89. The van der Waals surface area contributed by atoms with Gasteiger partial charge >= 0.3 is 0 Å². The molecule has 128 valence electrons. The van der Waals surface area contributed by atoms with Gasteiger partial charge in [-0.3, -0.25) is 4.79 Å². The van der Waals surface area contributed by atoms with E-state index in [1.54, 1.807) is 36.4 Å². The molecule has 0 saturated carbocycles. The van der Waals surface area contributed by atoms with Gasteiger partial charge in [0.2, 0.25) is 5.91 Å².